The minimum absolute atomic E-state index is 0.186. The highest BCUT2D eigenvalue weighted by Gasteiger charge is 2.31. The van der Waals surface area contributed by atoms with Crippen LogP contribution in [0.15, 0.2) is 10.5 Å². The smallest absolute Gasteiger partial charge is 0.309 e. The molecule has 0 spiro atoms. The van der Waals surface area contributed by atoms with E-state index < -0.39 is 11.4 Å². The molecule has 0 aliphatic heterocycles. The Kier molecular flexibility index (Phi) is 5.68. The molecule has 21 heavy (non-hydrogen) atoms. The van der Waals surface area contributed by atoms with Gasteiger partial charge < -0.3 is 14.6 Å². The third-order valence-electron chi connectivity index (χ3n) is 3.54. The van der Waals surface area contributed by atoms with E-state index in [2.05, 4.69) is 29.8 Å². The Labute approximate surface area is 134 Å². The van der Waals surface area contributed by atoms with Crippen molar-refractivity contribution >= 4 is 21.9 Å². The molecular weight excluding hydrogens is 336 g/mol. The SMILES string of the molecule is COc1cc(Br)c(CC(C)(C)C(=O)O)c(C(C)C)c1OC. The summed E-state index contributed by atoms with van der Waals surface area (Å²) in [4.78, 5) is 11.4. The summed E-state index contributed by atoms with van der Waals surface area (Å²) in [6.45, 7) is 7.56. The molecule has 0 radical (unpaired) electrons. The molecule has 5 heteroatoms. The fourth-order valence-electron chi connectivity index (χ4n) is 2.34. The molecule has 1 rings (SSSR count). The summed E-state index contributed by atoms with van der Waals surface area (Å²) >= 11 is 3.54. The number of carboxylic acid groups (broad SMARTS) is 1. The third-order valence-corrected chi connectivity index (χ3v) is 4.25. The summed E-state index contributed by atoms with van der Waals surface area (Å²) in [5, 5.41) is 9.38. The van der Waals surface area contributed by atoms with Crippen LogP contribution in [-0.2, 0) is 11.2 Å². The first kappa shape index (κ1) is 17.8. The maximum absolute atomic E-state index is 11.4. The fraction of sp³-hybridized carbons (Fsp3) is 0.562. The Morgan fingerprint density at radius 3 is 2.29 bits per heavy atom. The van der Waals surface area contributed by atoms with E-state index in [1.807, 2.05) is 6.07 Å². The van der Waals surface area contributed by atoms with Gasteiger partial charge in [0.25, 0.3) is 0 Å². The van der Waals surface area contributed by atoms with Crippen LogP contribution < -0.4 is 9.47 Å². The largest absolute Gasteiger partial charge is 0.493 e. The lowest BCUT2D eigenvalue weighted by atomic mass is 9.82. The van der Waals surface area contributed by atoms with Crippen molar-refractivity contribution < 1.29 is 19.4 Å². The van der Waals surface area contributed by atoms with E-state index in [1.54, 1.807) is 28.1 Å². The topological polar surface area (TPSA) is 55.8 Å². The van der Waals surface area contributed by atoms with Gasteiger partial charge in [0.05, 0.1) is 19.6 Å². The van der Waals surface area contributed by atoms with Crippen molar-refractivity contribution in [2.75, 3.05) is 14.2 Å². The molecule has 1 aromatic carbocycles. The van der Waals surface area contributed by atoms with Gasteiger partial charge in [0.1, 0.15) is 0 Å². The van der Waals surface area contributed by atoms with E-state index in [0.29, 0.717) is 17.9 Å². The van der Waals surface area contributed by atoms with Crippen LogP contribution in [0.25, 0.3) is 0 Å². The molecule has 1 N–H and O–H groups in total. The first-order valence-electron chi connectivity index (χ1n) is 6.82. The zero-order chi connectivity index (χ0) is 16.4. The van der Waals surface area contributed by atoms with Crippen molar-refractivity contribution in [1.29, 1.82) is 0 Å². The van der Waals surface area contributed by atoms with Gasteiger partial charge in [-0.3, -0.25) is 4.79 Å². The summed E-state index contributed by atoms with van der Waals surface area (Å²) in [5.74, 6) is 0.682. The summed E-state index contributed by atoms with van der Waals surface area (Å²) < 4.78 is 11.7. The van der Waals surface area contributed by atoms with Gasteiger partial charge in [-0.2, -0.15) is 0 Å². The van der Waals surface area contributed by atoms with Crippen LogP contribution in [0.4, 0.5) is 0 Å². The first-order valence-corrected chi connectivity index (χ1v) is 7.61. The van der Waals surface area contributed by atoms with E-state index in [-0.39, 0.29) is 5.92 Å². The number of carbonyl (C=O) groups is 1. The van der Waals surface area contributed by atoms with Crippen LogP contribution in [0, 0.1) is 5.41 Å². The number of hydrogen-bond donors (Lipinski definition) is 1. The summed E-state index contributed by atoms with van der Waals surface area (Å²) in [6, 6.07) is 1.83. The molecule has 0 saturated heterocycles. The number of carboxylic acids is 1. The molecule has 0 bridgehead atoms. The van der Waals surface area contributed by atoms with Crippen molar-refractivity contribution in [3.8, 4) is 11.5 Å². The molecular formula is C16H23BrO4. The van der Waals surface area contributed by atoms with Crippen molar-refractivity contribution in [1.82, 2.24) is 0 Å². The van der Waals surface area contributed by atoms with Crippen LogP contribution in [0.1, 0.15) is 44.7 Å². The van der Waals surface area contributed by atoms with Crippen LogP contribution in [0.5, 0.6) is 11.5 Å². The minimum atomic E-state index is -0.855. The molecule has 0 unspecified atom stereocenters. The Balaban J connectivity index is 3.54. The van der Waals surface area contributed by atoms with Crippen LogP contribution in [0.3, 0.4) is 0 Å². The molecule has 118 valence electrons. The number of aliphatic carboxylic acids is 1. The Morgan fingerprint density at radius 2 is 1.90 bits per heavy atom. The highest BCUT2D eigenvalue weighted by atomic mass is 79.9. The molecule has 0 aliphatic carbocycles. The molecule has 0 atom stereocenters. The minimum Gasteiger partial charge on any atom is -0.493 e. The van der Waals surface area contributed by atoms with Crippen LogP contribution in [0.2, 0.25) is 0 Å². The lowest BCUT2D eigenvalue weighted by molar-refractivity contribution is -0.146. The highest BCUT2D eigenvalue weighted by molar-refractivity contribution is 9.10. The summed E-state index contributed by atoms with van der Waals surface area (Å²) in [7, 11) is 3.19. The van der Waals surface area contributed by atoms with Crippen molar-refractivity contribution in [3.63, 3.8) is 0 Å². The van der Waals surface area contributed by atoms with Crippen LogP contribution in [-0.4, -0.2) is 25.3 Å². The third kappa shape index (κ3) is 3.70. The highest BCUT2D eigenvalue weighted by Crippen LogP contribution is 2.44. The van der Waals surface area contributed by atoms with Gasteiger partial charge in [-0.15, -0.1) is 0 Å². The lowest BCUT2D eigenvalue weighted by Crippen LogP contribution is -2.27. The van der Waals surface area contributed by atoms with Gasteiger partial charge in [0, 0.05) is 10.0 Å². The second-order valence-corrected chi connectivity index (χ2v) is 6.86. The van der Waals surface area contributed by atoms with Gasteiger partial charge in [0.2, 0.25) is 0 Å². The Morgan fingerprint density at radius 1 is 1.33 bits per heavy atom. The molecule has 1 aromatic rings. The predicted octanol–water partition coefficient (Wildman–Crippen LogP) is 4.24. The molecule has 0 amide bonds. The van der Waals surface area contributed by atoms with E-state index in [4.69, 9.17) is 9.47 Å². The molecule has 0 heterocycles. The maximum atomic E-state index is 11.4. The van der Waals surface area contributed by atoms with Gasteiger partial charge in [-0.1, -0.05) is 29.8 Å². The maximum Gasteiger partial charge on any atom is 0.309 e. The van der Waals surface area contributed by atoms with E-state index in [0.717, 1.165) is 15.6 Å². The lowest BCUT2D eigenvalue weighted by Gasteiger charge is -2.26. The number of halogens is 1. The molecule has 4 nitrogen and oxygen atoms in total. The van der Waals surface area contributed by atoms with Gasteiger partial charge >= 0.3 is 5.97 Å². The number of benzene rings is 1. The van der Waals surface area contributed by atoms with E-state index in [9.17, 15) is 9.90 Å². The van der Waals surface area contributed by atoms with E-state index >= 15 is 0 Å². The van der Waals surface area contributed by atoms with Gasteiger partial charge in [-0.05, 0) is 37.8 Å². The average Bonchev–Trinajstić information content (AvgIpc) is 2.39. The number of ether oxygens (including phenoxy) is 2. The zero-order valence-corrected chi connectivity index (χ0v) is 15.0. The predicted molar refractivity (Wildman–Crippen MR) is 86.5 cm³/mol. The zero-order valence-electron chi connectivity index (χ0n) is 13.4. The standard InChI is InChI=1S/C16H23BrO4/c1-9(2)13-10(8-16(3,4)15(18)19)11(17)7-12(20-5)14(13)21-6/h7,9H,8H2,1-6H3,(H,18,19). The van der Waals surface area contributed by atoms with Crippen molar-refractivity contribution in [2.45, 2.75) is 40.0 Å². The molecule has 0 aromatic heterocycles. The Bertz CT molecular complexity index is 536. The molecule has 0 saturated carbocycles. The fourth-order valence-corrected chi connectivity index (χ4v) is 2.90. The summed E-state index contributed by atoms with van der Waals surface area (Å²) in [5.41, 5.74) is 1.08. The monoisotopic (exact) mass is 358 g/mol. The van der Waals surface area contributed by atoms with Crippen molar-refractivity contribution in [2.24, 2.45) is 5.41 Å². The normalized spacial score (nSPS) is 11.6. The second kappa shape index (κ2) is 6.69. The summed E-state index contributed by atoms with van der Waals surface area (Å²) in [6.07, 6.45) is 0.413. The Hall–Kier alpha value is -1.23. The quantitative estimate of drug-likeness (QED) is 0.825. The van der Waals surface area contributed by atoms with Crippen LogP contribution >= 0.6 is 15.9 Å². The number of hydrogen-bond acceptors (Lipinski definition) is 3. The van der Waals surface area contributed by atoms with Gasteiger partial charge in [-0.25, -0.2) is 0 Å². The average molecular weight is 359 g/mol. The number of methoxy groups -OCH3 is 2. The van der Waals surface area contributed by atoms with E-state index in [1.165, 1.54) is 0 Å². The van der Waals surface area contributed by atoms with Gasteiger partial charge in [0.15, 0.2) is 11.5 Å². The van der Waals surface area contributed by atoms with Crippen molar-refractivity contribution in [3.05, 3.63) is 21.7 Å². The molecule has 0 aliphatic rings. The second-order valence-electron chi connectivity index (χ2n) is 6.01. The first-order chi connectivity index (χ1) is 9.65. The molecule has 0 fully saturated rings. The number of rotatable bonds is 6.